The SMILES string of the molecule is C[C@H]1CCC=C2C[C@H]3OC(=O)[C@H](CN4CCN(c5cccc(Cl)c5)CC4)[C@H]3[C@@H](O)[C@@]21C. The van der Waals surface area contributed by atoms with E-state index in [1.165, 1.54) is 5.57 Å². The predicted octanol–water partition coefficient (Wildman–Crippen LogP) is 3.75. The number of piperazine rings is 1. The normalized spacial score (nSPS) is 38.3. The molecular formula is C25H33ClN2O3. The summed E-state index contributed by atoms with van der Waals surface area (Å²) in [4.78, 5) is 17.6. The molecule has 6 atom stereocenters. The lowest BCUT2D eigenvalue weighted by atomic mass is 9.55. The molecule has 0 amide bonds. The first-order valence-corrected chi connectivity index (χ1v) is 12.1. The van der Waals surface area contributed by atoms with Gasteiger partial charge in [0.15, 0.2) is 0 Å². The van der Waals surface area contributed by atoms with E-state index >= 15 is 0 Å². The molecule has 2 heterocycles. The van der Waals surface area contributed by atoms with Crippen LogP contribution >= 0.6 is 11.6 Å². The highest BCUT2D eigenvalue weighted by Crippen LogP contribution is 2.56. The summed E-state index contributed by atoms with van der Waals surface area (Å²) in [6, 6.07) is 7.98. The third-order valence-corrected chi connectivity index (χ3v) is 8.81. The van der Waals surface area contributed by atoms with Gasteiger partial charge in [-0.05, 0) is 37.0 Å². The lowest BCUT2D eigenvalue weighted by molar-refractivity contribution is -0.145. The summed E-state index contributed by atoms with van der Waals surface area (Å²) in [7, 11) is 0. The Hall–Kier alpha value is -1.56. The molecule has 5 nitrogen and oxygen atoms in total. The minimum absolute atomic E-state index is 0.110. The molecule has 4 aliphatic rings. The zero-order valence-corrected chi connectivity index (χ0v) is 19.2. The van der Waals surface area contributed by atoms with Gasteiger partial charge in [0.2, 0.25) is 0 Å². The van der Waals surface area contributed by atoms with Gasteiger partial charge >= 0.3 is 5.97 Å². The number of carbonyl (C=O) groups excluding carboxylic acids is 1. The van der Waals surface area contributed by atoms with Gasteiger partial charge in [-0.15, -0.1) is 0 Å². The molecule has 6 heteroatoms. The molecule has 1 saturated carbocycles. The third kappa shape index (κ3) is 3.59. The molecule has 3 fully saturated rings. The van der Waals surface area contributed by atoms with Gasteiger partial charge in [0.25, 0.3) is 0 Å². The van der Waals surface area contributed by atoms with Gasteiger partial charge in [-0.25, -0.2) is 0 Å². The maximum absolute atomic E-state index is 12.9. The molecule has 0 spiro atoms. The maximum atomic E-state index is 12.9. The molecule has 168 valence electrons. The van der Waals surface area contributed by atoms with Gasteiger partial charge in [-0.2, -0.15) is 0 Å². The number of hydrogen-bond donors (Lipinski definition) is 1. The summed E-state index contributed by atoms with van der Waals surface area (Å²) in [5, 5.41) is 12.3. The van der Waals surface area contributed by atoms with Crippen LogP contribution in [0.2, 0.25) is 5.02 Å². The first-order chi connectivity index (χ1) is 14.9. The Morgan fingerprint density at radius 1 is 1.26 bits per heavy atom. The number of benzene rings is 1. The molecule has 2 aliphatic carbocycles. The molecule has 1 aromatic carbocycles. The number of aliphatic hydroxyl groups excluding tert-OH is 1. The number of rotatable bonds is 3. The van der Waals surface area contributed by atoms with Crippen molar-refractivity contribution in [2.24, 2.45) is 23.2 Å². The molecule has 0 aromatic heterocycles. The number of allylic oxidation sites excluding steroid dienone is 1. The van der Waals surface area contributed by atoms with Gasteiger partial charge in [0, 0.05) is 61.2 Å². The van der Waals surface area contributed by atoms with Crippen LogP contribution in [0.15, 0.2) is 35.9 Å². The number of nitrogens with zero attached hydrogens (tertiary/aromatic N) is 2. The van der Waals surface area contributed by atoms with Crippen molar-refractivity contribution in [3.8, 4) is 0 Å². The first kappa shape index (κ1) is 21.3. The molecule has 31 heavy (non-hydrogen) atoms. The van der Waals surface area contributed by atoms with Crippen LogP contribution in [0.4, 0.5) is 5.69 Å². The van der Waals surface area contributed by atoms with Crippen molar-refractivity contribution in [2.75, 3.05) is 37.6 Å². The fourth-order valence-corrected chi connectivity index (χ4v) is 6.60. The van der Waals surface area contributed by atoms with Crippen molar-refractivity contribution >= 4 is 23.3 Å². The van der Waals surface area contributed by atoms with Crippen LogP contribution in [-0.4, -0.2) is 60.9 Å². The van der Waals surface area contributed by atoms with Crippen LogP contribution < -0.4 is 4.90 Å². The summed E-state index contributed by atoms with van der Waals surface area (Å²) in [6.45, 7) is 8.71. The molecular weight excluding hydrogens is 412 g/mol. The maximum Gasteiger partial charge on any atom is 0.311 e. The van der Waals surface area contributed by atoms with Crippen molar-refractivity contribution in [1.82, 2.24) is 4.90 Å². The summed E-state index contributed by atoms with van der Waals surface area (Å²) < 4.78 is 5.83. The summed E-state index contributed by atoms with van der Waals surface area (Å²) in [6.07, 6.45) is 4.52. The topological polar surface area (TPSA) is 53.0 Å². The number of hydrogen-bond acceptors (Lipinski definition) is 5. The van der Waals surface area contributed by atoms with E-state index in [0.717, 1.165) is 56.2 Å². The molecule has 2 saturated heterocycles. The van der Waals surface area contributed by atoms with Crippen LogP contribution in [0.3, 0.4) is 0 Å². The van der Waals surface area contributed by atoms with Gasteiger partial charge in [-0.3, -0.25) is 9.69 Å². The van der Waals surface area contributed by atoms with Crippen molar-refractivity contribution in [2.45, 2.75) is 45.3 Å². The van der Waals surface area contributed by atoms with Crippen molar-refractivity contribution < 1.29 is 14.6 Å². The van der Waals surface area contributed by atoms with Crippen LogP contribution in [0.1, 0.15) is 33.1 Å². The second-order valence-electron chi connectivity index (χ2n) is 10.1. The van der Waals surface area contributed by atoms with Crippen LogP contribution in [0, 0.1) is 23.2 Å². The Morgan fingerprint density at radius 2 is 2.03 bits per heavy atom. The molecule has 2 aliphatic heterocycles. The monoisotopic (exact) mass is 444 g/mol. The Morgan fingerprint density at radius 3 is 2.77 bits per heavy atom. The molecule has 5 rings (SSSR count). The highest BCUT2D eigenvalue weighted by molar-refractivity contribution is 6.30. The number of aliphatic hydroxyl groups is 1. The van der Waals surface area contributed by atoms with Crippen molar-refractivity contribution in [1.29, 1.82) is 0 Å². The Kier molecular flexibility index (Phi) is 5.56. The first-order valence-electron chi connectivity index (χ1n) is 11.7. The number of carbonyl (C=O) groups is 1. The number of ether oxygens (including phenoxy) is 1. The third-order valence-electron chi connectivity index (χ3n) is 8.57. The Balaban J connectivity index is 1.28. The van der Waals surface area contributed by atoms with Crippen LogP contribution in [0.25, 0.3) is 0 Å². The molecule has 0 unspecified atom stereocenters. The molecule has 0 radical (unpaired) electrons. The van der Waals surface area contributed by atoms with Crippen molar-refractivity contribution in [3.63, 3.8) is 0 Å². The number of halogens is 1. The average molecular weight is 445 g/mol. The van der Waals surface area contributed by atoms with Gasteiger partial charge in [-0.1, -0.05) is 43.2 Å². The zero-order valence-electron chi connectivity index (χ0n) is 18.5. The summed E-state index contributed by atoms with van der Waals surface area (Å²) >= 11 is 6.15. The lowest BCUT2D eigenvalue weighted by Crippen LogP contribution is -2.55. The average Bonchev–Trinajstić information content (AvgIpc) is 3.06. The Labute approximate surface area is 190 Å². The van der Waals surface area contributed by atoms with E-state index in [4.69, 9.17) is 16.3 Å². The quantitative estimate of drug-likeness (QED) is 0.568. The summed E-state index contributed by atoms with van der Waals surface area (Å²) in [5.41, 5.74) is 2.20. The van der Waals surface area contributed by atoms with Gasteiger partial charge < -0.3 is 14.7 Å². The number of esters is 1. The fraction of sp³-hybridized carbons (Fsp3) is 0.640. The Bertz CT molecular complexity index is 881. The van der Waals surface area contributed by atoms with Gasteiger partial charge in [0.1, 0.15) is 6.10 Å². The smallest absolute Gasteiger partial charge is 0.311 e. The lowest BCUT2D eigenvalue weighted by Gasteiger charge is -2.52. The van der Waals surface area contributed by atoms with Gasteiger partial charge in [0.05, 0.1) is 12.0 Å². The van der Waals surface area contributed by atoms with Crippen LogP contribution in [0.5, 0.6) is 0 Å². The number of fused-ring (bicyclic) bond motifs is 2. The van der Waals surface area contributed by atoms with E-state index in [0.29, 0.717) is 12.5 Å². The fourth-order valence-electron chi connectivity index (χ4n) is 6.41. The second-order valence-corrected chi connectivity index (χ2v) is 10.5. The van der Waals surface area contributed by atoms with E-state index in [1.807, 2.05) is 18.2 Å². The van der Waals surface area contributed by atoms with E-state index in [1.54, 1.807) is 0 Å². The summed E-state index contributed by atoms with van der Waals surface area (Å²) in [5.74, 6) is -0.0609. The number of anilines is 1. The predicted molar refractivity (Wildman–Crippen MR) is 122 cm³/mol. The van der Waals surface area contributed by atoms with E-state index < -0.39 is 6.10 Å². The van der Waals surface area contributed by atoms with E-state index in [9.17, 15) is 9.90 Å². The minimum atomic E-state index is -0.531. The largest absolute Gasteiger partial charge is 0.461 e. The molecule has 1 N–H and O–H groups in total. The van der Waals surface area contributed by atoms with E-state index in [-0.39, 0.29) is 29.3 Å². The standard InChI is InChI=1S/C25H33ClN2O3/c1-16-5-3-6-17-13-21-22(23(29)25(16,17)2)20(24(30)31-21)15-27-9-11-28(12-10-27)19-8-4-7-18(26)14-19/h4,6-8,14,16,20-23,29H,3,5,9-13,15H2,1-2H3/t16-,20+,21+,22+,23+,25+/m0/s1. The highest BCUT2D eigenvalue weighted by atomic mass is 35.5. The van der Waals surface area contributed by atoms with E-state index in [2.05, 4.69) is 35.8 Å². The molecule has 1 aromatic rings. The van der Waals surface area contributed by atoms with Crippen LogP contribution in [-0.2, 0) is 9.53 Å². The van der Waals surface area contributed by atoms with Crippen molar-refractivity contribution in [3.05, 3.63) is 40.9 Å². The second kappa shape index (κ2) is 8.09. The molecule has 0 bridgehead atoms. The highest BCUT2D eigenvalue weighted by Gasteiger charge is 2.59. The zero-order chi connectivity index (χ0) is 21.8. The minimum Gasteiger partial charge on any atom is -0.461 e.